The van der Waals surface area contributed by atoms with Gasteiger partial charge in [0.1, 0.15) is 6.04 Å². The molecule has 0 aromatic carbocycles. The predicted octanol–water partition coefficient (Wildman–Crippen LogP) is 1.45. The molecule has 0 bridgehead atoms. The fourth-order valence-corrected chi connectivity index (χ4v) is 2.76. The minimum atomic E-state index is -0.619. The largest absolute Gasteiger partial charge is 0.368 e. The first-order valence-corrected chi connectivity index (χ1v) is 7.51. The van der Waals surface area contributed by atoms with Crippen molar-refractivity contribution < 1.29 is 9.59 Å². The average Bonchev–Trinajstić information content (AvgIpc) is 2.35. The lowest BCUT2D eigenvalue weighted by atomic mass is 9.84. The van der Waals surface area contributed by atoms with E-state index in [1.54, 1.807) is 0 Å². The van der Waals surface area contributed by atoms with E-state index in [9.17, 15) is 9.59 Å². The summed E-state index contributed by atoms with van der Waals surface area (Å²) in [5, 5.41) is 6.16. The molecule has 1 aliphatic rings. The molecule has 4 N–H and O–H groups in total. The second-order valence-corrected chi connectivity index (χ2v) is 7.06. The van der Waals surface area contributed by atoms with Gasteiger partial charge < -0.3 is 16.4 Å². The molecular formula is C15H30ClN3O2. The van der Waals surface area contributed by atoms with Crippen LogP contribution in [0.15, 0.2) is 0 Å². The second kappa shape index (κ2) is 8.59. The molecule has 6 heteroatoms. The van der Waals surface area contributed by atoms with Crippen LogP contribution in [0.4, 0.5) is 0 Å². The number of amides is 2. The highest BCUT2D eigenvalue weighted by atomic mass is 35.5. The Morgan fingerprint density at radius 3 is 2.43 bits per heavy atom. The van der Waals surface area contributed by atoms with Gasteiger partial charge in [0.15, 0.2) is 0 Å². The highest BCUT2D eigenvalue weighted by Gasteiger charge is 2.32. The van der Waals surface area contributed by atoms with Crippen molar-refractivity contribution >= 4 is 24.2 Å². The Morgan fingerprint density at radius 1 is 1.38 bits per heavy atom. The van der Waals surface area contributed by atoms with E-state index in [4.69, 9.17) is 5.73 Å². The summed E-state index contributed by atoms with van der Waals surface area (Å²) in [6.07, 6.45) is 2.79. The topological polar surface area (TPSA) is 84.2 Å². The maximum absolute atomic E-state index is 12.1. The second-order valence-electron chi connectivity index (χ2n) is 7.06. The van der Waals surface area contributed by atoms with Gasteiger partial charge in [0.05, 0.1) is 0 Å². The fourth-order valence-electron chi connectivity index (χ4n) is 2.76. The number of hydrogen-bond donors (Lipinski definition) is 3. The summed E-state index contributed by atoms with van der Waals surface area (Å²) < 4.78 is 0. The van der Waals surface area contributed by atoms with E-state index in [0.29, 0.717) is 18.3 Å². The molecule has 2 amide bonds. The Bertz CT molecular complexity index is 349. The molecule has 0 aliphatic carbocycles. The predicted molar refractivity (Wildman–Crippen MR) is 87.2 cm³/mol. The molecule has 0 aromatic heterocycles. The van der Waals surface area contributed by atoms with Crippen LogP contribution in [0.1, 0.15) is 47.0 Å². The van der Waals surface area contributed by atoms with E-state index < -0.39 is 11.9 Å². The fraction of sp³-hybridized carbons (Fsp3) is 0.867. The lowest BCUT2D eigenvalue weighted by Crippen LogP contribution is -2.52. The average molecular weight is 320 g/mol. The Hall–Kier alpha value is -0.810. The minimum Gasteiger partial charge on any atom is -0.368 e. The molecule has 3 unspecified atom stereocenters. The number of piperidine rings is 1. The first-order valence-electron chi connectivity index (χ1n) is 7.51. The lowest BCUT2D eigenvalue weighted by Gasteiger charge is -2.31. The number of carbonyl (C=O) groups is 2. The smallest absolute Gasteiger partial charge is 0.240 e. The van der Waals surface area contributed by atoms with Gasteiger partial charge in [-0.2, -0.15) is 0 Å². The standard InChI is InChI=1S/C15H29N3O2.ClH/c1-10(11-6-5-7-17-9-11)8-12(19)18-13(14(16)20)15(2,3)4;/h10-11,13,17H,5-9H2,1-4H3,(H2,16,20)(H,18,19);1H. The van der Waals surface area contributed by atoms with Crippen molar-refractivity contribution in [1.29, 1.82) is 0 Å². The van der Waals surface area contributed by atoms with Gasteiger partial charge in [-0.05, 0) is 43.2 Å². The van der Waals surface area contributed by atoms with E-state index in [0.717, 1.165) is 13.1 Å². The van der Waals surface area contributed by atoms with Crippen LogP contribution < -0.4 is 16.4 Å². The molecule has 1 fully saturated rings. The van der Waals surface area contributed by atoms with Crippen LogP contribution in [0.5, 0.6) is 0 Å². The van der Waals surface area contributed by atoms with Gasteiger partial charge >= 0.3 is 0 Å². The number of halogens is 1. The van der Waals surface area contributed by atoms with Crippen LogP contribution in [0.25, 0.3) is 0 Å². The van der Waals surface area contributed by atoms with Crippen molar-refractivity contribution in [2.24, 2.45) is 23.0 Å². The van der Waals surface area contributed by atoms with Gasteiger partial charge in [-0.15, -0.1) is 12.4 Å². The molecule has 1 aliphatic heterocycles. The van der Waals surface area contributed by atoms with Crippen molar-refractivity contribution in [3.8, 4) is 0 Å². The number of primary amides is 1. The summed E-state index contributed by atoms with van der Waals surface area (Å²) in [4.78, 5) is 23.6. The van der Waals surface area contributed by atoms with E-state index in [2.05, 4.69) is 17.6 Å². The summed E-state index contributed by atoms with van der Waals surface area (Å²) in [6, 6.07) is -0.619. The van der Waals surface area contributed by atoms with Gasteiger partial charge in [-0.1, -0.05) is 27.7 Å². The first-order chi connectivity index (χ1) is 9.21. The normalized spacial score (nSPS) is 21.8. The van der Waals surface area contributed by atoms with Gasteiger partial charge in [0.25, 0.3) is 0 Å². The van der Waals surface area contributed by atoms with Crippen molar-refractivity contribution in [2.45, 2.75) is 53.0 Å². The molecule has 3 atom stereocenters. The molecule has 21 heavy (non-hydrogen) atoms. The number of nitrogens with one attached hydrogen (secondary N) is 2. The zero-order valence-electron chi connectivity index (χ0n) is 13.6. The molecule has 0 saturated carbocycles. The van der Waals surface area contributed by atoms with Crippen molar-refractivity contribution in [1.82, 2.24) is 10.6 Å². The molecule has 1 rings (SSSR count). The van der Waals surface area contributed by atoms with Crippen LogP contribution in [0.2, 0.25) is 0 Å². The monoisotopic (exact) mass is 319 g/mol. The molecule has 124 valence electrons. The summed E-state index contributed by atoms with van der Waals surface area (Å²) in [7, 11) is 0. The Balaban J connectivity index is 0.00000400. The summed E-state index contributed by atoms with van der Waals surface area (Å²) >= 11 is 0. The minimum absolute atomic E-state index is 0. The van der Waals surface area contributed by atoms with Crippen molar-refractivity contribution in [3.63, 3.8) is 0 Å². The third-order valence-electron chi connectivity index (χ3n) is 4.10. The number of hydrogen-bond acceptors (Lipinski definition) is 3. The zero-order chi connectivity index (χ0) is 15.3. The molecule has 1 heterocycles. The van der Waals surface area contributed by atoms with Crippen molar-refractivity contribution in [2.75, 3.05) is 13.1 Å². The molecular weight excluding hydrogens is 290 g/mol. The first kappa shape index (κ1) is 20.2. The van der Waals surface area contributed by atoms with E-state index >= 15 is 0 Å². The van der Waals surface area contributed by atoms with Gasteiger partial charge in [0, 0.05) is 6.42 Å². The van der Waals surface area contributed by atoms with E-state index in [-0.39, 0.29) is 23.7 Å². The lowest BCUT2D eigenvalue weighted by molar-refractivity contribution is -0.130. The molecule has 0 aromatic rings. The van der Waals surface area contributed by atoms with Crippen LogP contribution in [-0.2, 0) is 9.59 Å². The Kier molecular flexibility index (Phi) is 8.26. The number of nitrogens with two attached hydrogens (primary N) is 1. The molecule has 0 spiro atoms. The van der Waals surface area contributed by atoms with Crippen LogP contribution in [-0.4, -0.2) is 30.9 Å². The highest BCUT2D eigenvalue weighted by molar-refractivity contribution is 5.87. The van der Waals surface area contributed by atoms with E-state index in [1.807, 2.05) is 20.8 Å². The zero-order valence-corrected chi connectivity index (χ0v) is 14.4. The van der Waals surface area contributed by atoms with Gasteiger partial charge in [0.2, 0.25) is 11.8 Å². The van der Waals surface area contributed by atoms with Crippen molar-refractivity contribution in [3.05, 3.63) is 0 Å². The number of rotatable bonds is 5. The SMILES string of the molecule is CC(CC(=O)NC(C(N)=O)C(C)(C)C)C1CCCNC1.Cl. The maximum Gasteiger partial charge on any atom is 0.240 e. The highest BCUT2D eigenvalue weighted by Crippen LogP contribution is 2.23. The maximum atomic E-state index is 12.1. The molecule has 0 radical (unpaired) electrons. The van der Waals surface area contributed by atoms with Crippen LogP contribution >= 0.6 is 12.4 Å². The summed E-state index contributed by atoms with van der Waals surface area (Å²) in [5.41, 5.74) is 5.02. The number of carbonyl (C=O) groups excluding carboxylic acids is 2. The van der Waals surface area contributed by atoms with Gasteiger partial charge in [-0.25, -0.2) is 0 Å². The molecule has 1 saturated heterocycles. The third kappa shape index (κ3) is 6.66. The van der Waals surface area contributed by atoms with Crippen LogP contribution in [0.3, 0.4) is 0 Å². The Labute approximate surface area is 134 Å². The quantitative estimate of drug-likeness (QED) is 0.717. The third-order valence-corrected chi connectivity index (χ3v) is 4.10. The summed E-state index contributed by atoms with van der Waals surface area (Å²) in [5.74, 6) is 0.298. The van der Waals surface area contributed by atoms with E-state index in [1.165, 1.54) is 12.8 Å². The van der Waals surface area contributed by atoms with Gasteiger partial charge in [-0.3, -0.25) is 9.59 Å². The Morgan fingerprint density at radius 2 is 2.00 bits per heavy atom. The summed E-state index contributed by atoms with van der Waals surface area (Å²) in [6.45, 7) is 9.86. The van der Waals surface area contributed by atoms with Crippen LogP contribution in [0, 0.1) is 17.3 Å². The molecule has 5 nitrogen and oxygen atoms in total.